The van der Waals surface area contributed by atoms with Gasteiger partial charge in [-0.15, -0.1) is 11.3 Å². The van der Waals surface area contributed by atoms with E-state index in [0.717, 1.165) is 29.3 Å². The maximum Gasteiger partial charge on any atom is 0.265 e. The van der Waals surface area contributed by atoms with Crippen LogP contribution in [0.15, 0.2) is 18.2 Å². The van der Waals surface area contributed by atoms with E-state index < -0.39 is 0 Å². The molecule has 1 aliphatic heterocycles. The summed E-state index contributed by atoms with van der Waals surface area (Å²) in [6, 6.07) is 5.33. The summed E-state index contributed by atoms with van der Waals surface area (Å²) >= 11 is 13.7. The number of rotatable bonds is 2. The number of aliphatic hydroxyl groups is 1. The van der Waals surface area contributed by atoms with Gasteiger partial charge in [-0.25, -0.2) is 0 Å². The summed E-state index contributed by atoms with van der Waals surface area (Å²) in [5, 5.41) is 11.4. The molecule has 0 radical (unpaired) electrons. The first-order valence-corrected chi connectivity index (χ1v) is 8.48. The molecule has 2 heterocycles. The number of halogens is 2. The van der Waals surface area contributed by atoms with Crippen LogP contribution in [0.2, 0.25) is 10.0 Å². The van der Waals surface area contributed by atoms with Crippen molar-refractivity contribution in [3.63, 3.8) is 0 Å². The van der Waals surface area contributed by atoms with Crippen LogP contribution in [0.1, 0.15) is 28.9 Å². The van der Waals surface area contributed by atoms with Crippen molar-refractivity contribution in [2.24, 2.45) is 0 Å². The molecule has 2 aromatic rings. The summed E-state index contributed by atoms with van der Waals surface area (Å²) in [5.41, 5.74) is 0. The van der Waals surface area contributed by atoms with Gasteiger partial charge in [0.1, 0.15) is 4.88 Å². The first-order valence-electron chi connectivity index (χ1n) is 6.91. The summed E-state index contributed by atoms with van der Waals surface area (Å²) in [6.45, 7) is 0.676. The molecule has 0 aliphatic carbocycles. The number of nitrogens with zero attached hydrogens (tertiary/aromatic N) is 1. The Morgan fingerprint density at radius 1 is 1.38 bits per heavy atom. The van der Waals surface area contributed by atoms with Crippen LogP contribution in [0.5, 0.6) is 0 Å². The quantitative estimate of drug-likeness (QED) is 0.887. The summed E-state index contributed by atoms with van der Waals surface area (Å²) < 4.78 is 0.911. The Bertz CT molecular complexity index is 686. The summed E-state index contributed by atoms with van der Waals surface area (Å²) in [4.78, 5) is 15.0. The zero-order chi connectivity index (χ0) is 15.0. The second kappa shape index (κ2) is 6.13. The molecule has 1 aromatic carbocycles. The number of hydrogen-bond acceptors (Lipinski definition) is 3. The Labute approximate surface area is 137 Å². The van der Waals surface area contributed by atoms with Crippen molar-refractivity contribution in [3.05, 3.63) is 33.1 Å². The van der Waals surface area contributed by atoms with E-state index in [0.29, 0.717) is 21.5 Å². The number of thiophene rings is 1. The molecule has 1 amide bonds. The number of amides is 1. The van der Waals surface area contributed by atoms with Crippen LogP contribution in [-0.4, -0.2) is 35.1 Å². The summed E-state index contributed by atoms with van der Waals surface area (Å²) in [5.74, 6) is -0.0870. The van der Waals surface area contributed by atoms with Gasteiger partial charge >= 0.3 is 0 Å². The number of carbonyl (C=O) groups excluding carboxylic acids is 1. The van der Waals surface area contributed by atoms with Crippen LogP contribution >= 0.6 is 34.5 Å². The van der Waals surface area contributed by atoms with Gasteiger partial charge in [0, 0.05) is 21.7 Å². The van der Waals surface area contributed by atoms with Gasteiger partial charge in [0.05, 0.1) is 17.7 Å². The van der Waals surface area contributed by atoms with E-state index >= 15 is 0 Å². The SMILES string of the molecule is O=C(c1sc2cc(Cl)ccc2c1Cl)N1CCCCC1CO. The third-order valence-corrected chi connectivity index (χ3v) is 5.76. The van der Waals surface area contributed by atoms with Crippen LogP contribution in [0.4, 0.5) is 0 Å². The van der Waals surface area contributed by atoms with Crippen molar-refractivity contribution in [1.82, 2.24) is 4.90 Å². The van der Waals surface area contributed by atoms with Crippen LogP contribution in [0.3, 0.4) is 0 Å². The lowest BCUT2D eigenvalue weighted by Gasteiger charge is -2.34. The number of piperidine rings is 1. The highest BCUT2D eigenvalue weighted by molar-refractivity contribution is 7.21. The molecular weight excluding hydrogens is 329 g/mol. The van der Waals surface area contributed by atoms with Crippen LogP contribution in [0.25, 0.3) is 10.1 Å². The third-order valence-electron chi connectivity index (χ3n) is 3.88. The lowest BCUT2D eigenvalue weighted by Crippen LogP contribution is -2.45. The second-order valence-electron chi connectivity index (χ2n) is 5.22. The molecule has 3 rings (SSSR count). The Hall–Kier alpha value is -0.810. The fraction of sp³-hybridized carbons (Fsp3) is 0.400. The largest absolute Gasteiger partial charge is 0.394 e. The molecule has 0 spiro atoms. The summed E-state index contributed by atoms with van der Waals surface area (Å²) in [7, 11) is 0. The summed E-state index contributed by atoms with van der Waals surface area (Å²) in [6.07, 6.45) is 2.86. The number of fused-ring (bicyclic) bond motifs is 1. The minimum atomic E-state index is -0.101. The van der Waals surface area contributed by atoms with Gasteiger partial charge in [0.25, 0.3) is 5.91 Å². The molecule has 1 aromatic heterocycles. The van der Waals surface area contributed by atoms with Gasteiger partial charge in [-0.1, -0.05) is 29.3 Å². The monoisotopic (exact) mass is 343 g/mol. The maximum absolute atomic E-state index is 12.8. The maximum atomic E-state index is 12.8. The highest BCUT2D eigenvalue weighted by Crippen LogP contribution is 2.38. The van der Waals surface area contributed by atoms with E-state index in [2.05, 4.69) is 0 Å². The average Bonchev–Trinajstić information content (AvgIpc) is 2.82. The second-order valence-corrected chi connectivity index (χ2v) is 7.08. The Morgan fingerprint density at radius 2 is 2.19 bits per heavy atom. The van der Waals surface area contributed by atoms with Crippen molar-refractivity contribution < 1.29 is 9.90 Å². The smallest absolute Gasteiger partial charge is 0.265 e. The zero-order valence-electron chi connectivity index (χ0n) is 11.3. The van der Waals surface area contributed by atoms with Crippen molar-refractivity contribution in [1.29, 1.82) is 0 Å². The zero-order valence-corrected chi connectivity index (χ0v) is 13.6. The number of aliphatic hydroxyl groups excluding tert-OH is 1. The van der Waals surface area contributed by atoms with E-state index in [4.69, 9.17) is 23.2 Å². The Kier molecular flexibility index (Phi) is 4.41. The molecule has 21 heavy (non-hydrogen) atoms. The molecule has 0 bridgehead atoms. The van der Waals surface area contributed by atoms with Gasteiger partial charge in [-0.3, -0.25) is 4.79 Å². The van der Waals surface area contributed by atoms with Crippen molar-refractivity contribution in [2.75, 3.05) is 13.2 Å². The lowest BCUT2D eigenvalue weighted by atomic mass is 10.0. The molecule has 1 unspecified atom stereocenters. The number of likely N-dealkylation sites (tertiary alicyclic amines) is 1. The molecule has 0 saturated carbocycles. The fourth-order valence-corrected chi connectivity index (χ4v) is 4.51. The molecule has 1 aliphatic rings. The Balaban J connectivity index is 1.99. The molecule has 6 heteroatoms. The van der Waals surface area contributed by atoms with Gasteiger partial charge in [-0.05, 0) is 31.4 Å². The molecule has 1 N–H and O–H groups in total. The Morgan fingerprint density at radius 3 is 2.95 bits per heavy atom. The standard InChI is InChI=1S/C15H15Cl2NO2S/c16-9-4-5-11-12(7-9)21-14(13(11)17)15(20)18-6-2-1-3-10(18)8-19/h4-5,7,10,19H,1-3,6,8H2. The third kappa shape index (κ3) is 2.78. The van der Waals surface area contributed by atoms with E-state index in [1.807, 2.05) is 12.1 Å². The molecule has 1 saturated heterocycles. The van der Waals surface area contributed by atoms with Gasteiger partial charge in [-0.2, -0.15) is 0 Å². The van der Waals surface area contributed by atoms with Crippen LogP contribution < -0.4 is 0 Å². The minimum Gasteiger partial charge on any atom is -0.394 e. The molecule has 1 fully saturated rings. The topological polar surface area (TPSA) is 40.5 Å². The number of carbonyl (C=O) groups is 1. The first-order chi connectivity index (χ1) is 10.1. The van der Waals surface area contributed by atoms with E-state index in [-0.39, 0.29) is 18.6 Å². The van der Waals surface area contributed by atoms with Crippen molar-refractivity contribution >= 4 is 50.5 Å². The normalized spacial score (nSPS) is 19.2. The van der Waals surface area contributed by atoms with Crippen LogP contribution in [0, 0.1) is 0 Å². The minimum absolute atomic E-state index is 0.0000816. The van der Waals surface area contributed by atoms with Crippen molar-refractivity contribution in [2.45, 2.75) is 25.3 Å². The molecule has 112 valence electrons. The predicted molar refractivity (Wildman–Crippen MR) is 87.6 cm³/mol. The first kappa shape index (κ1) is 15.1. The molecular formula is C15H15Cl2NO2S. The highest BCUT2D eigenvalue weighted by Gasteiger charge is 2.29. The lowest BCUT2D eigenvalue weighted by molar-refractivity contribution is 0.0508. The van der Waals surface area contributed by atoms with Crippen molar-refractivity contribution in [3.8, 4) is 0 Å². The van der Waals surface area contributed by atoms with E-state index in [1.54, 1.807) is 11.0 Å². The van der Waals surface area contributed by atoms with Gasteiger partial charge in [0.15, 0.2) is 0 Å². The molecule has 3 nitrogen and oxygen atoms in total. The van der Waals surface area contributed by atoms with Gasteiger partial charge < -0.3 is 10.0 Å². The van der Waals surface area contributed by atoms with E-state index in [9.17, 15) is 9.90 Å². The molecule has 1 atom stereocenters. The highest BCUT2D eigenvalue weighted by atomic mass is 35.5. The van der Waals surface area contributed by atoms with E-state index in [1.165, 1.54) is 11.3 Å². The van der Waals surface area contributed by atoms with Crippen LogP contribution in [-0.2, 0) is 0 Å². The van der Waals surface area contributed by atoms with Gasteiger partial charge in [0.2, 0.25) is 0 Å². The number of hydrogen-bond donors (Lipinski definition) is 1. The number of benzene rings is 1. The average molecular weight is 344 g/mol. The fourth-order valence-electron chi connectivity index (χ4n) is 2.76. The predicted octanol–water partition coefficient (Wildman–Crippen LogP) is 4.20.